The first-order chi connectivity index (χ1) is 12.3. The molecule has 0 spiro atoms. The summed E-state index contributed by atoms with van der Waals surface area (Å²) in [7, 11) is 0. The van der Waals surface area contributed by atoms with Crippen molar-refractivity contribution in [2.45, 2.75) is 12.8 Å². The lowest BCUT2D eigenvalue weighted by atomic mass is 9.92. The van der Waals surface area contributed by atoms with Gasteiger partial charge in [0.2, 0.25) is 0 Å². The largest absolute Gasteiger partial charge is 0.457 e. The molecule has 2 fully saturated rings. The Balaban J connectivity index is 1.40. The van der Waals surface area contributed by atoms with Crippen LogP contribution in [0.25, 0.3) is 0 Å². The number of rotatable bonds is 3. The number of nitrogens with zero attached hydrogens (tertiary/aromatic N) is 1. The standard InChI is InChI=1S/C21H24N2O2/c24-21(23-12-10-17-14-22-15-18(17)11-13-23)16-6-8-20(9-7-16)25-19-4-2-1-3-5-19/h1-9,17-18,22H,10-15H2/t17-,18+. The third-order valence-corrected chi connectivity index (χ3v) is 5.39. The average Bonchev–Trinajstić information content (AvgIpc) is 3.01. The second-order valence-corrected chi connectivity index (χ2v) is 6.99. The van der Waals surface area contributed by atoms with Crippen molar-refractivity contribution in [3.63, 3.8) is 0 Å². The number of ether oxygens (including phenoxy) is 1. The van der Waals surface area contributed by atoms with Gasteiger partial charge in [-0.3, -0.25) is 4.79 Å². The van der Waals surface area contributed by atoms with Gasteiger partial charge in [-0.05, 0) is 74.2 Å². The summed E-state index contributed by atoms with van der Waals surface area (Å²) >= 11 is 0. The maximum absolute atomic E-state index is 12.8. The third kappa shape index (κ3) is 3.69. The minimum Gasteiger partial charge on any atom is -0.457 e. The molecular formula is C21H24N2O2. The van der Waals surface area contributed by atoms with Crippen molar-refractivity contribution >= 4 is 5.91 Å². The van der Waals surface area contributed by atoms with E-state index in [-0.39, 0.29) is 5.91 Å². The topological polar surface area (TPSA) is 41.6 Å². The van der Waals surface area contributed by atoms with Gasteiger partial charge < -0.3 is 15.0 Å². The molecule has 2 aromatic rings. The van der Waals surface area contributed by atoms with E-state index in [0.29, 0.717) is 0 Å². The van der Waals surface area contributed by atoms with Crippen LogP contribution in [-0.4, -0.2) is 37.0 Å². The average molecular weight is 336 g/mol. The lowest BCUT2D eigenvalue weighted by Crippen LogP contribution is -2.32. The molecule has 0 radical (unpaired) electrons. The number of hydrogen-bond acceptors (Lipinski definition) is 3. The Hall–Kier alpha value is -2.33. The minimum atomic E-state index is 0.138. The van der Waals surface area contributed by atoms with E-state index in [1.165, 1.54) is 0 Å². The number of para-hydroxylation sites is 1. The number of benzene rings is 2. The number of nitrogens with one attached hydrogen (secondary N) is 1. The van der Waals surface area contributed by atoms with Crippen molar-refractivity contribution in [2.24, 2.45) is 11.8 Å². The summed E-state index contributed by atoms with van der Waals surface area (Å²) in [4.78, 5) is 14.8. The molecule has 130 valence electrons. The van der Waals surface area contributed by atoms with Crippen molar-refractivity contribution in [1.82, 2.24) is 10.2 Å². The van der Waals surface area contributed by atoms with Gasteiger partial charge in [-0.1, -0.05) is 18.2 Å². The quantitative estimate of drug-likeness (QED) is 0.932. The molecule has 1 amide bonds. The fourth-order valence-electron chi connectivity index (χ4n) is 3.89. The van der Waals surface area contributed by atoms with E-state index in [9.17, 15) is 4.79 Å². The van der Waals surface area contributed by atoms with Crippen molar-refractivity contribution < 1.29 is 9.53 Å². The predicted octanol–water partition coefficient (Wildman–Crippen LogP) is 3.55. The van der Waals surface area contributed by atoms with Gasteiger partial charge in [0.25, 0.3) is 5.91 Å². The molecule has 4 heteroatoms. The number of hydrogen-bond donors (Lipinski definition) is 1. The molecule has 2 aromatic carbocycles. The highest BCUT2D eigenvalue weighted by Gasteiger charge is 2.31. The highest BCUT2D eigenvalue weighted by molar-refractivity contribution is 5.94. The van der Waals surface area contributed by atoms with E-state index in [0.717, 1.165) is 67.9 Å². The van der Waals surface area contributed by atoms with Crippen LogP contribution in [0.1, 0.15) is 23.2 Å². The summed E-state index contributed by atoms with van der Waals surface area (Å²) in [6.45, 7) is 3.95. The van der Waals surface area contributed by atoms with Gasteiger partial charge in [0, 0.05) is 18.7 Å². The van der Waals surface area contributed by atoms with E-state index >= 15 is 0 Å². The number of amides is 1. The van der Waals surface area contributed by atoms with E-state index in [2.05, 4.69) is 5.32 Å². The molecule has 2 aliphatic rings. The first kappa shape index (κ1) is 16.2. The Morgan fingerprint density at radius 3 is 2.12 bits per heavy atom. The summed E-state index contributed by atoms with van der Waals surface area (Å²) in [5, 5.41) is 3.48. The fraction of sp³-hybridized carbons (Fsp3) is 0.381. The molecule has 0 bridgehead atoms. The molecule has 0 aromatic heterocycles. The van der Waals surface area contributed by atoms with Crippen LogP contribution < -0.4 is 10.1 Å². The zero-order valence-electron chi connectivity index (χ0n) is 14.4. The molecule has 4 nitrogen and oxygen atoms in total. The van der Waals surface area contributed by atoms with Crippen LogP contribution in [-0.2, 0) is 0 Å². The van der Waals surface area contributed by atoms with Gasteiger partial charge in [-0.2, -0.15) is 0 Å². The van der Waals surface area contributed by atoms with Gasteiger partial charge in [-0.15, -0.1) is 0 Å². The molecular weight excluding hydrogens is 312 g/mol. The molecule has 1 N–H and O–H groups in total. The molecule has 2 aliphatic heterocycles. The van der Waals surface area contributed by atoms with Crippen molar-refractivity contribution in [1.29, 1.82) is 0 Å². The number of likely N-dealkylation sites (tertiary alicyclic amines) is 1. The van der Waals surface area contributed by atoms with E-state index < -0.39 is 0 Å². The molecule has 2 saturated heterocycles. The van der Waals surface area contributed by atoms with Crippen LogP contribution in [0.4, 0.5) is 0 Å². The van der Waals surface area contributed by atoms with Crippen LogP contribution in [0, 0.1) is 11.8 Å². The maximum atomic E-state index is 12.8. The Labute approximate surface area is 148 Å². The molecule has 25 heavy (non-hydrogen) atoms. The Kier molecular flexibility index (Phi) is 4.70. The fourth-order valence-corrected chi connectivity index (χ4v) is 3.89. The van der Waals surface area contributed by atoms with Gasteiger partial charge in [0.15, 0.2) is 0 Å². The SMILES string of the molecule is O=C(c1ccc(Oc2ccccc2)cc1)N1CC[C@@H]2CNC[C@@H]2CC1. The molecule has 0 unspecified atom stereocenters. The van der Waals surface area contributed by atoms with Gasteiger partial charge in [0.1, 0.15) is 11.5 Å². The smallest absolute Gasteiger partial charge is 0.253 e. The molecule has 0 aliphatic carbocycles. The van der Waals surface area contributed by atoms with Crippen LogP contribution in [0.5, 0.6) is 11.5 Å². The van der Waals surface area contributed by atoms with Crippen molar-refractivity contribution in [3.05, 3.63) is 60.2 Å². The predicted molar refractivity (Wildman–Crippen MR) is 97.9 cm³/mol. The number of fused-ring (bicyclic) bond motifs is 1. The van der Waals surface area contributed by atoms with Crippen LogP contribution in [0.3, 0.4) is 0 Å². The summed E-state index contributed by atoms with van der Waals surface area (Å²) in [5.41, 5.74) is 0.741. The highest BCUT2D eigenvalue weighted by Crippen LogP contribution is 2.28. The zero-order valence-corrected chi connectivity index (χ0v) is 14.4. The normalized spacial score (nSPS) is 23.0. The maximum Gasteiger partial charge on any atom is 0.253 e. The van der Waals surface area contributed by atoms with E-state index in [1.54, 1.807) is 0 Å². The second kappa shape index (κ2) is 7.28. The van der Waals surface area contributed by atoms with Crippen molar-refractivity contribution in [2.75, 3.05) is 26.2 Å². The monoisotopic (exact) mass is 336 g/mol. The number of carbonyl (C=O) groups excluding carboxylic acids is 1. The third-order valence-electron chi connectivity index (χ3n) is 5.39. The van der Waals surface area contributed by atoms with Gasteiger partial charge in [0.05, 0.1) is 0 Å². The van der Waals surface area contributed by atoms with Crippen LogP contribution in [0.15, 0.2) is 54.6 Å². The summed E-state index contributed by atoms with van der Waals surface area (Å²) < 4.78 is 5.80. The lowest BCUT2D eigenvalue weighted by molar-refractivity contribution is 0.0758. The van der Waals surface area contributed by atoms with Gasteiger partial charge in [-0.25, -0.2) is 0 Å². The first-order valence-corrected chi connectivity index (χ1v) is 9.12. The summed E-state index contributed by atoms with van der Waals surface area (Å²) in [6.07, 6.45) is 2.22. The molecule has 0 saturated carbocycles. The first-order valence-electron chi connectivity index (χ1n) is 9.12. The summed E-state index contributed by atoms with van der Waals surface area (Å²) in [6, 6.07) is 17.2. The van der Waals surface area contributed by atoms with E-state index in [4.69, 9.17) is 4.74 Å². The van der Waals surface area contributed by atoms with Gasteiger partial charge >= 0.3 is 0 Å². The Morgan fingerprint density at radius 1 is 0.880 bits per heavy atom. The molecule has 2 atom stereocenters. The van der Waals surface area contributed by atoms with Crippen LogP contribution in [0.2, 0.25) is 0 Å². The molecule has 2 heterocycles. The zero-order chi connectivity index (χ0) is 17.1. The summed E-state index contributed by atoms with van der Waals surface area (Å²) in [5.74, 6) is 3.16. The molecule has 4 rings (SSSR count). The second-order valence-electron chi connectivity index (χ2n) is 6.99. The lowest BCUT2D eigenvalue weighted by Gasteiger charge is -2.21. The Morgan fingerprint density at radius 2 is 1.48 bits per heavy atom. The highest BCUT2D eigenvalue weighted by atomic mass is 16.5. The minimum absolute atomic E-state index is 0.138. The number of carbonyl (C=O) groups is 1. The van der Waals surface area contributed by atoms with Crippen molar-refractivity contribution in [3.8, 4) is 11.5 Å². The van der Waals surface area contributed by atoms with E-state index in [1.807, 2.05) is 59.5 Å². The van der Waals surface area contributed by atoms with Crippen LogP contribution >= 0.6 is 0 Å². The Bertz CT molecular complexity index is 700.